The van der Waals surface area contributed by atoms with E-state index in [0.29, 0.717) is 29.8 Å². The molecule has 0 atom stereocenters. The highest BCUT2D eigenvalue weighted by Crippen LogP contribution is 2.28. The summed E-state index contributed by atoms with van der Waals surface area (Å²) < 4.78 is 11.1. The summed E-state index contributed by atoms with van der Waals surface area (Å²) in [6.45, 7) is 6.46. The molecular weight excluding hydrogens is 340 g/mol. The van der Waals surface area contributed by atoms with Crippen molar-refractivity contribution >= 4 is 29.5 Å². The number of nitrogens with zero attached hydrogens (tertiary/aromatic N) is 2. The van der Waals surface area contributed by atoms with Gasteiger partial charge in [-0.1, -0.05) is 6.08 Å². The summed E-state index contributed by atoms with van der Waals surface area (Å²) in [7, 11) is 3.35. The van der Waals surface area contributed by atoms with Gasteiger partial charge in [0.2, 0.25) is 0 Å². The molecule has 136 valence electrons. The minimum Gasteiger partial charge on any atom is -0.490 e. The molecule has 0 unspecified atom stereocenters. The first-order chi connectivity index (χ1) is 12.0. The lowest BCUT2D eigenvalue weighted by Gasteiger charge is -2.14. The zero-order valence-electron chi connectivity index (χ0n) is 14.7. The normalized spacial score (nSPS) is 10.2. The highest BCUT2D eigenvalue weighted by Gasteiger charge is 2.10. The van der Waals surface area contributed by atoms with Crippen LogP contribution in [0.2, 0.25) is 0 Å². The second-order valence-electron chi connectivity index (χ2n) is 5.08. The Bertz CT molecular complexity index is 632. The predicted molar refractivity (Wildman–Crippen MR) is 103 cm³/mol. The quantitative estimate of drug-likeness (QED) is 0.300. The van der Waals surface area contributed by atoms with Crippen LogP contribution in [0.5, 0.6) is 11.5 Å². The molecule has 8 heteroatoms. The van der Waals surface area contributed by atoms with Crippen LogP contribution in [0.4, 0.5) is 0 Å². The molecule has 0 radical (unpaired) electrons. The number of likely N-dealkylation sites (N-methyl/N-ethyl adjacent to an activating group) is 1. The second-order valence-corrected chi connectivity index (χ2v) is 5.49. The lowest BCUT2D eigenvalue weighted by molar-refractivity contribution is -0.130. The van der Waals surface area contributed by atoms with Gasteiger partial charge in [0.1, 0.15) is 0 Å². The van der Waals surface area contributed by atoms with Crippen LogP contribution in [-0.2, 0) is 4.79 Å². The molecule has 0 fully saturated rings. The maximum Gasteiger partial charge on any atom is 0.259 e. The monoisotopic (exact) mass is 364 g/mol. The van der Waals surface area contributed by atoms with Gasteiger partial charge in [-0.3, -0.25) is 10.2 Å². The Labute approximate surface area is 153 Å². The van der Waals surface area contributed by atoms with E-state index in [2.05, 4.69) is 22.4 Å². The van der Waals surface area contributed by atoms with Gasteiger partial charge < -0.3 is 19.7 Å². The van der Waals surface area contributed by atoms with Crippen LogP contribution in [0, 0.1) is 0 Å². The zero-order chi connectivity index (χ0) is 18.7. The van der Waals surface area contributed by atoms with E-state index < -0.39 is 0 Å². The summed E-state index contributed by atoms with van der Waals surface area (Å²) in [6.07, 6.45) is 3.31. The van der Waals surface area contributed by atoms with Crippen LogP contribution in [0.15, 0.2) is 36.0 Å². The molecule has 25 heavy (non-hydrogen) atoms. The van der Waals surface area contributed by atoms with E-state index in [-0.39, 0.29) is 12.5 Å². The summed E-state index contributed by atoms with van der Waals surface area (Å²) in [5, 5.41) is 7.36. The Morgan fingerprint density at radius 2 is 2.12 bits per heavy atom. The molecule has 7 nitrogen and oxygen atoms in total. The molecular formula is C17H24N4O3S. The van der Waals surface area contributed by atoms with Gasteiger partial charge in [-0.05, 0) is 42.9 Å². The van der Waals surface area contributed by atoms with Gasteiger partial charge in [-0.15, -0.1) is 6.58 Å². The number of hydrazone groups is 1. The predicted octanol–water partition coefficient (Wildman–Crippen LogP) is 1.54. The molecule has 0 aromatic heterocycles. The standard InChI is InChI=1S/C17H24N4O3S/c1-5-9-18-17(25)20-19-11-13-7-8-14(15(10-13)23-6-2)24-12-16(22)21(3)4/h5,7-8,10-11H,1,6,9,12H2,2-4H3,(H2,18,20,25)/b19-11+. The number of thiocarbonyl (C=S) groups is 1. The highest BCUT2D eigenvalue weighted by molar-refractivity contribution is 7.80. The fraction of sp³-hybridized carbons (Fsp3) is 0.353. The maximum absolute atomic E-state index is 11.6. The van der Waals surface area contributed by atoms with Crippen molar-refractivity contribution in [1.29, 1.82) is 0 Å². The lowest BCUT2D eigenvalue weighted by atomic mass is 10.2. The molecule has 0 bridgehead atoms. The van der Waals surface area contributed by atoms with Gasteiger partial charge >= 0.3 is 0 Å². The van der Waals surface area contributed by atoms with Gasteiger partial charge in [0, 0.05) is 20.6 Å². The fourth-order valence-corrected chi connectivity index (χ4v) is 1.77. The number of rotatable bonds is 9. The molecule has 1 rings (SSSR count). The first kappa shape index (κ1) is 20.4. The summed E-state index contributed by atoms with van der Waals surface area (Å²) >= 11 is 5.04. The summed E-state index contributed by atoms with van der Waals surface area (Å²) in [5.41, 5.74) is 3.50. The lowest BCUT2D eigenvalue weighted by Crippen LogP contribution is -2.31. The van der Waals surface area contributed by atoms with Gasteiger partial charge in [-0.25, -0.2) is 0 Å². The van der Waals surface area contributed by atoms with Crippen molar-refractivity contribution in [2.75, 3.05) is 33.9 Å². The molecule has 0 spiro atoms. The number of benzene rings is 1. The van der Waals surface area contributed by atoms with Crippen LogP contribution in [0.25, 0.3) is 0 Å². The van der Waals surface area contributed by atoms with Crippen molar-refractivity contribution in [2.45, 2.75) is 6.92 Å². The fourth-order valence-electron chi connectivity index (χ4n) is 1.63. The first-order valence-electron chi connectivity index (χ1n) is 7.75. The molecule has 0 aliphatic carbocycles. The SMILES string of the molecule is C=CCNC(=S)N/N=C/c1ccc(OCC(=O)N(C)C)c(OCC)c1. The highest BCUT2D eigenvalue weighted by atomic mass is 32.1. The van der Waals surface area contributed by atoms with Crippen LogP contribution in [0.3, 0.4) is 0 Å². The molecule has 0 saturated carbocycles. The Hall–Kier alpha value is -2.61. The zero-order valence-corrected chi connectivity index (χ0v) is 15.6. The Morgan fingerprint density at radius 1 is 1.36 bits per heavy atom. The van der Waals surface area contributed by atoms with Gasteiger partial charge in [-0.2, -0.15) is 5.10 Å². The van der Waals surface area contributed by atoms with Gasteiger partial charge in [0.25, 0.3) is 5.91 Å². The third-order valence-corrected chi connectivity index (χ3v) is 3.14. The van der Waals surface area contributed by atoms with Crippen molar-refractivity contribution < 1.29 is 14.3 Å². The summed E-state index contributed by atoms with van der Waals surface area (Å²) in [4.78, 5) is 13.1. The van der Waals surface area contributed by atoms with Gasteiger partial charge in [0.05, 0.1) is 12.8 Å². The van der Waals surface area contributed by atoms with E-state index in [4.69, 9.17) is 21.7 Å². The van der Waals surface area contributed by atoms with Crippen LogP contribution in [0.1, 0.15) is 12.5 Å². The number of amides is 1. The molecule has 0 saturated heterocycles. The van der Waals surface area contributed by atoms with E-state index in [1.165, 1.54) is 4.90 Å². The molecule has 1 aromatic carbocycles. The number of ether oxygens (including phenoxy) is 2. The minimum atomic E-state index is -0.127. The number of carbonyl (C=O) groups excluding carboxylic acids is 1. The van der Waals surface area contributed by atoms with Crippen molar-refractivity contribution in [3.05, 3.63) is 36.4 Å². The van der Waals surface area contributed by atoms with E-state index in [0.717, 1.165) is 5.56 Å². The third kappa shape index (κ3) is 7.67. The van der Waals surface area contributed by atoms with Gasteiger partial charge in [0.15, 0.2) is 23.2 Å². The van der Waals surface area contributed by atoms with E-state index in [1.54, 1.807) is 38.5 Å². The second kappa shape index (κ2) is 11.0. The molecule has 0 heterocycles. The average molecular weight is 364 g/mol. The molecule has 0 aliphatic rings. The van der Waals surface area contributed by atoms with Crippen molar-refractivity contribution in [3.8, 4) is 11.5 Å². The largest absolute Gasteiger partial charge is 0.490 e. The minimum absolute atomic E-state index is 0.0503. The number of nitrogens with one attached hydrogen (secondary N) is 2. The number of carbonyl (C=O) groups is 1. The van der Waals surface area contributed by atoms with Crippen molar-refractivity contribution in [3.63, 3.8) is 0 Å². The topological polar surface area (TPSA) is 75.2 Å². The Balaban J connectivity index is 2.73. The van der Waals surface area contributed by atoms with Crippen LogP contribution < -0.4 is 20.2 Å². The van der Waals surface area contributed by atoms with E-state index in [9.17, 15) is 4.79 Å². The number of hydrogen-bond donors (Lipinski definition) is 2. The Morgan fingerprint density at radius 3 is 2.76 bits per heavy atom. The van der Waals surface area contributed by atoms with Crippen molar-refractivity contribution in [1.82, 2.24) is 15.6 Å². The number of hydrogen-bond acceptors (Lipinski definition) is 5. The van der Waals surface area contributed by atoms with E-state index >= 15 is 0 Å². The molecule has 1 amide bonds. The summed E-state index contributed by atoms with van der Waals surface area (Å²) in [6, 6.07) is 5.33. The van der Waals surface area contributed by atoms with E-state index in [1.807, 2.05) is 13.0 Å². The molecule has 2 N–H and O–H groups in total. The first-order valence-corrected chi connectivity index (χ1v) is 8.16. The summed E-state index contributed by atoms with van der Waals surface area (Å²) in [5.74, 6) is 0.925. The maximum atomic E-state index is 11.6. The molecule has 0 aliphatic heterocycles. The third-order valence-electron chi connectivity index (χ3n) is 2.90. The van der Waals surface area contributed by atoms with Crippen LogP contribution in [-0.4, -0.2) is 56.0 Å². The smallest absolute Gasteiger partial charge is 0.259 e. The Kier molecular flexibility index (Phi) is 9.02. The van der Waals surface area contributed by atoms with Crippen molar-refractivity contribution in [2.24, 2.45) is 5.10 Å². The molecule has 1 aromatic rings. The average Bonchev–Trinajstić information content (AvgIpc) is 2.59. The van der Waals surface area contributed by atoms with Crippen LogP contribution >= 0.6 is 12.2 Å².